The van der Waals surface area contributed by atoms with Crippen molar-refractivity contribution in [2.24, 2.45) is 17.8 Å². The van der Waals surface area contributed by atoms with Gasteiger partial charge in [-0.05, 0) is 37.0 Å². The molecule has 0 heteroatoms. The molecule has 0 aromatic heterocycles. The van der Waals surface area contributed by atoms with E-state index in [4.69, 9.17) is 0 Å². The van der Waals surface area contributed by atoms with Gasteiger partial charge in [-0.3, -0.25) is 0 Å². The normalized spacial score (nSPS) is 21.9. The van der Waals surface area contributed by atoms with Gasteiger partial charge in [-0.15, -0.1) is 0 Å². The van der Waals surface area contributed by atoms with Gasteiger partial charge in [-0.2, -0.15) is 0 Å². The molecule has 0 bridgehead atoms. The van der Waals surface area contributed by atoms with Crippen molar-refractivity contribution < 1.29 is 0 Å². The average molecular weight is 192 g/mol. The van der Waals surface area contributed by atoms with Crippen molar-refractivity contribution in [3.8, 4) is 0 Å². The van der Waals surface area contributed by atoms with Gasteiger partial charge in [-0.25, -0.2) is 0 Å². The Hall–Kier alpha value is -0.520. The molecule has 0 nitrogen and oxygen atoms in total. The molecule has 0 fully saturated rings. The highest BCUT2D eigenvalue weighted by Crippen LogP contribution is 2.28. The Morgan fingerprint density at radius 3 is 2.50 bits per heavy atom. The Morgan fingerprint density at radius 1 is 1.21 bits per heavy atom. The molecule has 0 N–H and O–H groups in total. The average Bonchev–Trinajstić information content (AvgIpc) is 2.01. The van der Waals surface area contributed by atoms with Crippen LogP contribution >= 0.6 is 0 Å². The van der Waals surface area contributed by atoms with Crippen molar-refractivity contribution in [1.82, 2.24) is 0 Å². The van der Waals surface area contributed by atoms with Gasteiger partial charge in [0.25, 0.3) is 0 Å². The maximum atomic E-state index is 2.38. The van der Waals surface area contributed by atoms with Crippen molar-refractivity contribution in [2.75, 3.05) is 0 Å². The molecule has 14 heavy (non-hydrogen) atoms. The summed E-state index contributed by atoms with van der Waals surface area (Å²) < 4.78 is 0. The molecule has 0 aliphatic heterocycles. The topological polar surface area (TPSA) is 0 Å². The third-order valence-electron chi connectivity index (χ3n) is 2.68. The molecular formula is C14H24. The van der Waals surface area contributed by atoms with E-state index in [1.165, 1.54) is 19.3 Å². The van der Waals surface area contributed by atoms with Crippen LogP contribution in [0.3, 0.4) is 0 Å². The van der Waals surface area contributed by atoms with Crippen molar-refractivity contribution in [1.29, 1.82) is 0 Å². The Balaban J connectivity index is 2.43. The van der Waals surface area contributed by atoms with E-state index in [-0.39, 0.29) is 0 Å². The highest BCUT2D eigenvalue weighted by atomic mass is 14.2. The summed E-state index contributed by atoms with van der Waals surface area (Å²) in [6, 6.07) is 0. The second-order valence-corrected chi connectivity index (χ2v) is 5.40. The van der Waals surface area contributed by atoms with Crippen molar-refractivity contribution in [3.63, 3.8) is 0 Å². The molecule has 0 aromatic carbocycles. The number of hydrogen-bond acceptors (Lipinski definition) is 0. The van der Waals surface area contributed by atoms with Crippen LogP contribution in [0.4, 0.5) is 0 Å². The van der Waals surface area contributed by atoms with Gasteiger partial charge in [0.15, 0.2) is 0 Å². The molecule has 0 spiro atoms. The molecule has 1 aliphatic rings. The monoisotopic (exact) mass is 192 g/mol. The van der Waals surface area contributed by atoms with Crippen LogP contribution in [0.5, 0.6) is 0 Å². The van der Waals surface area contributed by atoms with Gasteiger partial charge >= 0.3 is 0 Å². The third-order valence-corrected chi connectivity index (χ3v) is 2.68. The first kappa shape index (κ1) is 11.6. The van der Waals surface area contributed by atoms with Crippen LogP contribution in [0.15, 0.2) is 23.8 Å². The van der Waals surface area contributed by atoms with Crippen LogP contribution in [0.2, 0.25) is 0 Å². The summed E-state index contributed by atoms with van der Waals surface area (Å²) in [7, 11) is 0. The Kier molecular flexibility index (Phi) is 4.44. The summed E-state index contributed by atoms with van der Waals surface area (Å²) in [4.78, 5) is 0. The Morgan fingerprint density at radius 2 is 1.93 bits per heavy atom. The highest BCUT2D eigenvalue weighted by Gasteiger charge is 2.13. The second kappa shape index (κ2) is 5.38. The van der Waals surface area contributed by atoms with Crippen molar-refractivity contribution >= 4 is 0 Å². The fourth-order valence-electron chi connectivity index (χ4n) is 2.26. The van der Waals surface area contributed by atoms with Gasteiger partial charge in [-0.1, -0.05) is 51.5 Å². The predicted octanol–water partition coefficient (Wildman–Crippen LogP) is 4.58. The molecule has 0 heterocycles. The molecule has 80 valence electrons. The summed E-state index contributed by atoms with van der Waals surface area (Å²) in [6.07, 6.45) is 10.9. The van der Waals surface area contributed by atoms with Gasteiger partial charge in [0, 0.05) is 0 Å². The standard InChI is InChI=1S/C14H24/c1-11(2)8-13-6-5-7-14(10-13)9-12(3)4/h5-7,11-13H,8-10H2,1-4H3. The van der Waals surface area contributed by atoms with E-state index in [9.17, 15) is 0 Å². The molecule has 1 atom stereocenters. The maximum Gasteiger partial charge on any atom is -0.0191 e. The van der Waals surface area contributed by atoms with Crippen LogP contribution in [0.1, 0.15) is 47.0 Å². The molecule has 0 aromatic rings. The van der Waals surface area contributed by atoms with E-state index < -0.39 is 0 Å². The predicted molar refractivity (Wildman–Crippen MR) is 64.2 cm³/mol. The van der Waals surface area contributed by atoms with Gasteiger partial charge < -0.3 is 0 Å². The fraction of sp³-hybridized carbons (Fsp3) is 0.714. The van der Waals surface area contributed by atoms with Crippen molar-refractivity contribution in [3.05, 3.63) is 23.8 Å². The molecule has 1 unspecified atom stereocenters. The number of allylic oxidation sites excluding steroid dienone is 4. The highest BCUT2D eigenvalue weighted by molar-refractivity contribution is 5.20. The summed E-state index contributed by atoms with van der Waals surface area (Å²) in [6.45, 7) is 9.23. The summed E-state index contributed by atoms with van der Waals surface area (Å²) in [5.41, 5.74) is 1.65. The lowest BCUT2D eigenvalue weighted by atomic mass is 9.85. The number of hydrogen-bond donors (Lipinski definition) is 0. The lowest BCUT2D eigenvalue weighted by Crippen LogP contribution is -2.07. The van der Waals surface area contributed by atoms with E-state index >= 15 is 0 Å². The molecule has 0 saturated heterocycles. The molecule has 0 radical (unpaired) electrons. The molecule has 1 rings (SSSR count). The lowest BCUT2D eigenvalue weighted by Gasteiger charge is -2.21. The van der Waals surface area contributed by atoms with Crippen LogP contribution in [-0.2, 0) is 0 Å². The minimum Gasteiger partial charge on any atom is -0.0811 e. The quantitative estimate of drug-likeness (QED) is 0.611. The van der Waals surface area contributed by atoms with E-state index in [0.29, 0.717) is 0 Å². The van der Waals surface area contributed by atoms with Crippen LogP contribution in [0.25, 0.3) is 0 Å². The smallest absolute Gasteiger partial charge is 0.0191 e. The largest absolute Gasteiger partial charge is 0.0811 e. The molecular weight excluding hydrogens is 168 g/mol. The molecule has 1 aliphatic carbocycles. The zero-order valence-electron chi connectivity index (χ0n) is 10.1. The van der Waals surface area contributed by atoms with E-state index in [0.717, 1.165) is 17.8 Å². The second-order valence-electron chi connectivity index (χ2n) is 5.40. The first-order valence-electron chi connectivity index (χ1n) is 5.94. The summed E-state index contributed by atoms with van der Waals surface area (Å²) in [5.74, 6) is 2.42. The van der Waals surface area contributed by atoms with E-state index in [1.54, 1.807) is 5.57 Å². The number of rotatable bonds is 4. The van der Waals surface area contributed by atoms with Gasteiger partial charge in [0.1, 0.15) is 0 Å². The van der Waals surface area contributed by atoms with Crippen LogP contribution < -0.4 is 0 Å². The van der Waals surface area contributed by atoms with Gasteiger partial charge in [0.2, 0.25) is 0 Å². The van der Waals surface area contributed by atoms with E-state index in [2.05, 4.69) is 45.9 Å². The summed E-state index contributed by atoms with van der Waals surface area (Å²) in [5, 5.41) is 0. The SMILES string of the molecule is CC(C)CC1=CC=CC(CC(C)C)C1. The minimum absolute atomic E-state index is 0.799. The third kappa shape index (κ3) is 4.13. The Bertz CT molecular complexity index is 218. The zero-order valence-corrected chi connectivity index (χ0v) is 10.1. The first-order chi connectivity index (χ1) is 6.58. The lowest BCUT2D eigenvalue weighted by molar-refractivity contribution is 0.458. The fourth-order valence-corrected chi connectivity index (χ4v) is 2.26. The minimum atomic E-state index is 0.799. The molecule has 0 amide bonds. The first-order valence-corrected chi connectivity index (χ1v) is 5.94. The van der Waals surface area contributed by atoms with Crippen LogP contribution in [-0.4, -0.2) is 0 Å². The molecule has 0 saturated carbocycles. The van der Waals surface area contributed by atoms with Gasteiger partial charge in [0.05, 0.1) is 0 Å². The summed E-state index contributed by atoms with van der Waals surface area (Å²) >= 11 is 0. The van der Waals surface area contributed by atoms with E-state index in [1.807, 2.05) is 0 Å². The Labute approximate surface area is 89.1 Å². The zero-order chi connectivity index (χ0) is 10.6. The maximum absolute atomic E-state index is 2.38. The van der Waals surface area contributed by atoms with Crippen molar-refractivity contribution in [2.45, 2.75) is 47.0 Å². The van der Waals surface area contributed by atoms with Crippen LogP contribution in [0, 0.1) is 17.8 Å².